The molecule has 4 aromatic rings. The summed E-state index contributed by atoms with van der Waals surface area (Å²) in [5.74, 6) is -5.56. The van der Waals surface area contributed by atoms with Gasteiger partial charge in [0.15, 0.2) is 17.5 Å². The van der Waals surface area contributed by atoms with Crippen molar-refractivity contribution in [3.05, 3.63) is 102 Å². The highest BCUT2D eigenvalue weighted by Gasteiger charge is 2.22. The van der Waals surface area contributed by atoms with Crippen LogP contribution in [0.1, 0.15) is 15.9 Å². The summed E-state index contributed by atoms with van der Waals surface area (Å²) in [6, 6.07) is 18.1. The second kappa shape index (κ2) is 10.8. The molecule has 0 bridgehead atoms. The number of nitrogens with zero attached hydrogens (tertiary/aromatic N) is 2. The molecule has 0 atom stereocenters. The van der Waals surface area contributed by atoms with Crippen LogP contribution >= 0.6 is 0 Å². The molecule has 2 amide bonds. The summed E-state index contributed by atoms with van der Waals surface area (Å²) in [6.45, 7) is -0.154. The number of para-hydroxylation sites is 1. The number of carbonyl (C=O) groups excluding carboxylic acids is 2. The van der Waals surface area contributed by atoms with Gasteiger partial charge in [-0.15, -0.1) is 0 Å². The lowest BCUT2D eigenvalue weighted by Gasteiger charge is -2.10. The van der Waals surface area contributed by atoms with E-state index in [4.69, 9.17) is 4.74 Å². The van der Waals surface area contributed by atoms with Gasteiger partial charge in [-0.05, 0) is 29.8 Å². The Morgan fingerprint density at radius 3 is 2.42 bits per heavy atom. The Balaban J connectivity index is 1.55. The van der Waals surface area contributed by atoms with Crippen molar-refractivity contribution in [1.29, 1.82) is 0 Å². The van der Waals surface area contributed by atoms with Gasteiger partial charge in [0.2, 0.25) is 5.91 Å². The number of benzene rings is 3. The molecule has 184 valence electrons. The van der Waals surface area contributed by atoms with Gasteiger partial charge in [-0.2, -0.15) is 5.10 Å². The fourth-order valence-electron chi connectivity index (χ4n) is 3.55. The second-order valence-corrected chi connectivity index (χ2v) is 7.73. The van der Waals surface area contributed by atoms with E-state index < -0.39 is 41.5 Å². The number of ether oxygens (including phenoxy) is 1. The number of nitrogens with one attached hydrogen (secondary N) is 2. The Labute approximate surface area is 204 Å². The lowest BCUT2D eigenvalue weighted by atomic mass is 10.1. The van der Waals surface area contributed by atoms with Crippen molar-refractivity contribution in [2.45, 2.75) is 6.54 Å². The van der Waals surface area contributed by atoms with E-state index in [-0.39, 0.29) is 5.56 Å². The first-order valence-corrected chi connectivity index (χ1v) is 10.8. The number of methoxy groups -OCH3 is 1. The first-order chi connectivity index (χ1) is 17.4. The third-order valence-electron chi connectivity index (χ3n) is 5.27. The highest BCUT2D eigenvalue weighted by atomic mass is 19.2. The number of carbonyl (C=O) groups is 2. The zero-order valence-corrected chi connectivity index (χ0v) is 19.1. The van der Waals surface area contributed by atoms with Crippen LogP contribution in [0.5, 0.6) is 5.75 Å². The third-order valence-corrected chi connectivity index (χ3v) is 5.27. The van der Waals surface area contributed by atoms with Gasteiger partial charge in [0.1, 0.15) is 11.4 Å². The van der Waals surface area contributed by atoms with E-state index in [0.717, 1.165) is 11.6 Å². The molecule has 7 nitrogen and oxygen atoms in total. The minimum absolute atomic E-state index is 0.183. The van der Waals surface area contributed by atoms with Crippen molar-refractivity contribution in [2.75, 3.05) is 19.0 Å². The normalized spacial score (nSPS) is 10.7. The molecule has 0 unspecified atom stereocenters. The summed E-state index contributed by atoms with van der Waals surface area (Å²) >= 11 is 0. The molecule has 0 saturated heterocycles. The zero-order valence-electron chi connectivity index (χ0n) is 19.1. The Morgan fingerprint density at radius 2 is 1.67 bits per heavy atom. The quantitative estimate of drug-likeness (QED) is 0.356. The fraction of sp³-hybridized carbons (Fsp3) is 0.115. The summed E-state index contributed by atoms with van der Waals surface area (Å²) in [5.41, 5.74) is 1.52. The van der Waals surface area contributed by atoms with Crippen LogP contribution in [0.25, 0.3) is 11.3 Å². The van der Waals surface area contributed by atoms with Gasteiger partial charge >= 0.3 is 0 Å². The number of hydrogen-bond donors (Lipinski definition) is 2. The maximum atomic E-state index is 13.8. The first-order valence-electron chi connectivity index (χ1n) is 10.8. The predicted octanol–water partition coefficient (Wildman–Crippen LogP) is 4.39. The van der Waals surface area contributed by atoms with Crippen molar-refractivity contribution in [3.63, 3.8) is 0 Å². The largest absolute Gasteiger partial charge is 0.496 e. The monoisotopic (exact) mass is 494 g/mol. The molecule has 0 aliphatic rings. The standard InChI is InChI=1S/C26H21F3N4O3/c1-36-21-10-6-5-9-17(21)25-18(15-33(32-25)14-16-7-3-2-4-8-16)26(35)30-13-22(34)31-20-12-11-19(27)23(28)24(20)29/h2-12,15H,13-14H2,1H3,(H,30,35)(H,31,34). The van der Waals surface area contributed by atoms with E-state index in [2.05, 4.69) is 15.7 Å². The maximum Gasteiger partial charge on any atom is 0.255 e. The van der Waals surface area contributed by atoms with Crippen LogP contribution in [-0.2, 0) is 11.3 Å². The summed E-state index contributed by atoms with van der Waals surface area (Å²) in [6.07, 6.45) is 1.55. The van der Waals surface area contributed by atoms with Gasteiger partial charge in [0.25, 0.3) is 5.91 Å². The topological polar surface area (TPSA) is 85.2 Å². The molecule has 3 aromatic carbocycles. The molecule has 2 N–H and O–H groups in total. The molecule has 1 aromatic heterocycles. The van der Waals surface area contributed by atoms with Gasteiger partial charge < -0.3 is 15.4 Å². The molecule has 0 spiro atoms. The van der Waals surface area contributed by atoms with Gasteiger partial charge in [0.05, 0.1) is 31.5 Å². The number of anilines is 1. The van der Waals surface area contributed by atoms with Crippen LogP contribution in [0, 0.1) is 17.5 Å². The molecular formula is C26H21F3N4O3. The number of amides is 2. The Morgan fingerprint density at radius 1 is 0.944 bits per heavy atom. The molecule has 10 heteroatoms. The molecule has 0 aliphatic carbocycles. The van der Waals surface area contributed by atoms with Crippen molar-refractivity contribution in [3.8, 4) is 17.0 Å². The zero-order chi connectivity index (χ0) is 25.7. The van der Waals surface area contributed by atoms with Crippen molar-refractivity contribution in [1.82, 2.24) is 15.1 Å². The molecule has 4 rings (SSSR count). The van der Waals surface area contributed by atoms with Crippen molar-refractivity contribution in [2.24, 2.45) is 0 Å². The number of rotatable bonds is 8. The van der Waals surface area contributed by atoms with Crippen LogP contribution in [0.2, 0.25) is 0 Å². The minimum atomic E-state index is -1.70. The van der Waals surface area contributed by atoms with Crippen molar-refractivity contribution < 1.29 is 27.5 Å². The molecule has 1 heterocycles. The number of hydrogen-bond acceptors (Lipinski definition) is 4. The van der Waals surface area contributed by atoms with E-state index in [1.54, 1.807) is 35.1 Å². The molecule has 0 aliphatic heterocycles. The van der Waals surface area contributed by atoms with Crippen LogP contribution in [0.3, 0.4) is 0 Å². The maximum absolute atomic E-state index is 13.8. The average molecular weight is 494 g/mol. The Kier molecular flexibility index (Phi) is 7.33. The smallest absolute Gasteiger partial charge is 0.255 e. The summed E-state index contributed by atoms with van der Waals surface area (Å²) < 4.78 is 47.4. The predicted molar refractivity (Wildman–Crippen MR) is 127 cm³/mol. The molecule has 0 fully saturated rings. The highest BCUT2D eigenvalue weighted by molar-refractivity contribution is 6.03. The van der Waals surface area contributed by atoms with Crippen LogP contribution in [-0.4, -0.2) is 35.2 Å². The van der Waals surface area contributed by atoms with Gasteiger partial charge in [0, 0.05) is 11.8 Å². The molecular weight excluding hydrogens is 473 g/mol. The SMILES string of the molecule is COc1ccccc1-c1nn(Cc2ccccc2)cc1C(=O)NCC(=O)Nc1ccc(F)c(F)c1F. The van der Waals surface area contributed by atoms with E-state index in [1.807, 2.05) is 30.3 Å². The minimum Gasteiger partial charge on any atom is -0.496 e. The fourth-order valence-corrected chi connectivity index (χ4v) is 3.55. The third kappa shape index (κ3) is 5.38. The van der Waals surface area contributed by atoms with Crippen LogP contribution in [0.15, 0.2) is 72.9 Å². The average Bonchev–Trinajstić information content (AvgIpc) is 3.31. The number of aromatic nitrogens is 2. The first kappa shape index (κ1) is 24.5. The van der Waals surface area contributed by atoms with E-state index >= 15 is 0 Å². The Bertz CT molecular complexity index is 1410. The second-order valence-electron chi connectivity index (χ2n) is 7.73. The highest BCUT2D eigenvalue weighted by Crippen LogP contribution is 2.31. The summed E-state index contributed by atoms with van der Waals surface area (Å²) in [4.78, 5) is 25.3. The van der Waals surface area contributed by atoms with E-state index in [9.17, 15) is 22.8 Å². The van der Waals surface area contributed by atoms with Gasteiger partial charge in [-0.3, -0.25) is 14.3 Å². The number of halogens is 3. The molecule has 0 saturated carbocycles. The van der Waals surface area contributed by atoms with Crippen LogP contribution < -0.4 is 15.4 Å². The lowest BCUT2D eigenvalue weighted by molar-refractivity contribution is -0.115. The summed E-state index contributed by atoms with van der Waals surface area (Å²) in [5, 5.41) is 9.14. The summed E-state index contributed by atoms with van der Waals surface area (Å²) in [7, 11) is 1.50. The van der Waals surface area contributed by atoms with Crippen molar-refractivity contribution >= 4 is 17.5 Å². The van der Waals surface area contributed by atoms with E-state index in [0.29, 0.717) is 29.6 Å². The lowest BCUT2D eigenvalue weighted by Crippen LogP contribution is -2.33. The van der Waals surface area contributed by atoms with Gasteiger partial charge in [-0.1, -0.05) is 42.5 Å². The van der Waals surface area contributed by atoms with Crippen LogP contribution in [0.4, 0.5) is 18.9 Å². The molecule has 36 heavy (non-hydrogen) atoms. The van der Waals surface area contributed by atoms with E-state index in [1.165, 1.54) is 7.11 Å². The molecule has 0 radical (unpaired) electrons. The van der Waals surface area contributed by atoms with Gasteiger partial charge in [-0.25, -0.2) is 13.2 Å². The Hall–Kier alpha value is -4.60.